The molecule has 0 aliphatic heterocycles. The second-order valence-corrected chi connectivity index (χ2v) is 4.98. The summed E-state index contributed by atoms with van der Waals surface area (Å²) in [4.78, 5) is 0.344. The molecule has 0 radical (unpaired) electrons. The number of hydrogen-bond donors (Lipinski definition) is 0. The van der Waals surface area contributed by atoms with Crippen molar-refractivity contribution in [1.82, 2.24) is 0 Å². The van der Waals surface area contributed by atoms with Crippen molar-refractivity contribution in [2.45, 2.75) is 24.6 Å². The number of benzene rings is 1. The summed E-state index contributed by atoms with van der Waals surface area (Å²) in [7, 11) is 0. The van der Waals surface area contributed by atoms with Gasteiger partial charge in [-0.25, -0.2) is 0 Å². The average molecular weight is 251 g/mol. The van der Waals surface area contributed by atoms with Crippen molar-refractivity contribution in [1.29, 1.82) is 0 Å². The van der Waals surface area contributed by atoms with E-state index in [1.165, 1.54) is 29.5 Å². The molecule has 0 amide bonds. The van der Waals surface area contributed by atoms with E-state index in [9.17, 15) is 0 Å². The van der Waals surface area contributed by atoms with E-state index >= 15 is 0 Å². The first kappa shape index (κ1) is 9.97. The van der Waals surface area contributed by atoms with Gasteiger partial charge in [0.1, 0.15) is 0 Å². The van der Waals surface area contributed by atoms with E-state index in [0.29, 0.717) is 4.83 Å². The maximum Gasteiger partial charge on any atom is 0.0607 e. The van der Waals surface area contributed by atoms with Crippen LogP contribution in [-0.2, 0) is 0 Å². The molecule has 1 aliphatic carbocycles. The highest BCUT2D eigenvalue weighted by atomic mass is 79.9. The molecule has 14 heavy (non-hydrogen) atoms. The van der Waals surface area contributed by atoms with Gasteiger partial charge in [0.2, 0.25) is 0 Å². The van der Waals surface area contributed by atoms with E-state index < -0.39 is 0 Å². The molecule has 1 atom stereocenters. The van der Waals surface area contributed by atoms with Crippen LogP contribution in [0.5, 0.6) is 0 Å². The number of halogens is 1. The van der Waals surface area contributed by atoms with E-state index in [-0.39, 0.29) is 0 Å². The Labute approximate surface area is 94.2 Å². The molecular weight excluding hydrogens is 236 g/mol. The molecule has 0 aromatic heterocycles. The van der Waals surface area contributed by atoms with Crippen LogP contribution in [0.2, 0.25) is 0 Å². The number of rotatable bonds is 3. The number of hydrogen-bond acceptors (Lipinski definition) is 0. The van der Waals surface area contributed by atoms with Gasteiger partial charge in [0, 0.05) is 0 Å². The summed E-state index contributed by atoms with van der Waals surface area (Å²) in [5.41, 5.74) is 4.06. The van der Waals surface area contributed by atoms with Crippen LogP contribution in [0.1, 0.15) is 28.8 Å². The lowest BCUT2D eigenvalue weighted by atomic mass is 9.99. The Morgan fingerprint density at radius 3 is 2.64 bits per heavy atom. The highest BCUT2D eigenvalue weighted by Gasteiger charge is 2.29. The van der Waals surface area contributed by atoms with Crippen LogP contribution in [0.25, 0.3) is 0 Å². The Bertz CT molecular complexity index is 350. The van der Waals surface area contributed by atoms with Gasteiger partial charge < -0.3 is 0 Å². The predicted octanol–water partition coefficient (Wildman–Crippen LogP) is 4.40. The summed E-state index contributed by atoms with van der Waals surface area (Å²) in [6.07, 6.45) is 2.65. The summed E-state index contributed by atoms with van der Waals surface area (Å²) in [6.45, 7) is 6.34. The first-order valence-electron chi connectivity index (χ1n) is 5.08. The summed E-state index contributed by atoms with van der Waals surface area (Å²) in [6, 6.07) is 8.52. The van der Waals surface area contributed by atoms with Gasteiger partial charge in [-0.1, -0.05) is 52.3 Å². The van der Waals surface area contributed by atoms with Crippen molar-refractivity contribution in [3.8, 4) is 0 Å². The normalized spacial score (nSPS) is 17.9. The van der Waals surface area contributed by atoms with Crippen LogP contribution in [-0.4, -0.2) is 0 Å². The van der Waals surface area contributed by atoms with Crippen molar-refractivity contribution >= 4 is 15.9 Å². The maximum atomic E-state index is 4.19. The van der Waals surface area contributed by atoms with Crippen LogP contribution in [0.15, 0.2) is 36.4 Å². The molecule has 1 aromatic rings. The minimum atomic E-state index is 0.344. The fraction of sp³-hybridized carbons (Fsp3) is 0.385. The van der Waals surface area contributed by atoms with Gasteiger partial charge in [0.05, 0.1) is 4.83 Å². The third-order valence-electron chi connectivity index (χ3n) is 2.89. The summed E-state index contributed by atoms with van der Waals surface area (Å²) >= 11 is 3.74. The van der Waals surface area contributed by atoms with Crippen molar-refractivity contribution < 1.29 is 0 Å². The third kappa shape index (κ3) is 1.93. The zero-order valence-corrected chi connectivity index (χ0v) is 10.0. The molecule has 1 unspecified atom stereocenters. The largest absolute Gasteiger partial charge is 0.0981 e. The van der Waals surface area contributed by atoms with Crippen LogP contribution < -0.4 is 0 Å². The van der Waals surface area contributed by atoms with Crippen molar-refractivity contribution in [2.24, 2.45) is 5.92 Å². The topological polar surface area (TPSA) is 0 Å². The lowest BCUT2D eigenvalue weighted by Crippen LogP contribution is -1.97. The Balaban J connectivity index is 2.21. The SMILES string of the molecule is C=C(C1CC1)C(Br)c1ccccc1C. The molecule has 2 rings (SSSR count). The Morgan fingerprint density at radius 1 is 1.43 bits per heavy atom. The van der Waals surface area contributed by atoms with Crippen LogP contribution in [0.4, 0.5) is 0 Å². The van der Waals surface area contributed by atoms with Crippen LogP contribution >= 0.6 is 15.9 Å². The summed E-state index contributed by atoms with van der Waals surface area (Å²) in [5, 5.41) is 0. The van der Waals surface area contributed by atoms with Gasteiger partial charge >= 0.3 is 0 Å². The zero-order chi connectivity index (χ0) is 10.1. The van der Waals surface area contributed by atoms with Crippen LogP contribution in [0.3, 0.4) is 0 Å². The molecule has 0 saturated heterocycles. The van der Waals surface area contributed by atoms with Gasteiger partial charge in [0.25, 0.3) is 0 Å². The van der Waals surface area contributed by atoms with E-state index in [0.717, 1.165) is 5.92 Å². The summed E-state index contributed by atoms with van der Waals surface area (Å²) in [5.74, 6) is 0.763. The molecule has 0 spiro atoms. The number of allylic oxidation sites excluding steroid dienone is 1. The van der Waals surface area contributed by atoms with Crippen molar-refractivity contribution in [3.05, 3.63) is 47.5 Å². The molecule has 1 heteroatoms. The molecule has 1 fully saturated rings. The van der Waals surface area contributed by atoms with Crippen LogP contribution in [0, 0.1) is 12.8 Å². The van der Waals surface area contributed by atoms with Gasteiger partial charge in [-0.15, -0.1) is 0 Å². The zero-order valence-electron chi connectivity index (χ0n) is 8.46. The quantitative estimate of drug-likeness (QED) is 0.551. The molecule has 1 aliphatic rings. The molecule has 74 valence electrons. The van der Waals surface area contributed by atoms with Gasteiger partial charge in [0.15, 0.2) is 0 Å². The van der Waals surface area contributed by atoms with E-state index in [1.54, 1.807) is 0 Å². The Morgan fingerprint density at radius 2 is 2.07 bits per heavy atom. The predicted molar refractivity (Wildman–Crippen MR) is 64.7 cm³/mol. The standard InChI is InChI=1S/C13H15Br/c1-9-5-3-4-6-12(9)13(14)10(2)11-7-8-11/h3-6,11,13H,2,7-8H2,1H3. The van der Waals surface area contributed by atoms with E-state index in [2.05, 4.69) is 53.7 Å². The van der Waals surface area contributed by atoms with E-state index in [4.69, 9.17) is 0 Å². The minimum absolute atomic E-state index is 0.344. The first-order valence-corrected chi connectivity index (χ1v) is 6.00. The summed E-state index contributed by atoms with van der Waals surface area (Å²) < 4.78 is 0. The highest BCUT2D eigenvalue weighted by molar-refractivity contribution is 9.09. The molecule has 1 aromatic carbocycles. The smallest absolute Gasteiger partial charge is 0.0607 e. The Kier molecular flexibility index (Phi) is 2.78. The maximum absolute atomic E-state index is 4.19. The lowest BCUT2D eigenvalue weighted by molar-refractivity contribution is 0.929. The molecule has 0 N–H and O–H groups in total. The monoisotopic (exact) mass is 250 g/mol. The fourth-order valence-corrected chi connectivity index (χ4v) is 2.62. The molecule has 0 nitrogen and oxygen atoms in total. The second kappa shape index (κ2) is 3.90. The minimum Gasteiger partial charge on any atom is -0.0981 e. The molecule has 1 saturated carbocycles. The van der Waals surface area contributed by atoms with Gasteiger partial charge in [-0.05, 0) is 36.8 Å². The number of alkyl halides is 1. The average Bonchev–Trinajstić information content (AvgIpc) is 3.00. The van der Waals surface area contributed by atoms with Crippen molar-refractivity contribution in [2.75, 3.05) is 0 Å². The molecule has 0 bridgehead atoms. The van der Waals surface area contributed by atoms with Gasteiger partial charge in [-0.2, -0.15) is 0 Å². The fourth-order valence-electron chi connectivity index (χ4n) is 1.73. The third-order valence-corrected chi connectivity index (χ3v) is 3.97. The van der Waals surface area contributed by atoms with E-state index in [1.807, 2.05) is 0 Å². The lowest BCUT2D eigenvalue weighted by Gasteiger charge is -2.15. The van der Waals surface area contributed by atoms with Gasteiger partial charge in [-0.3, -0.25) is 0 Å². The van der Waals surface area contributed by atoms with Crippen molar-refractivity contribution in [3.63, 3.8) is 0 Å². The Hall–Kier alpha value is -0.560. The highest BCUT2D eigenvalue weighted by Crippen LogP contribution is 2.45. The first-order chi connectivity index (χ1) is 6.70. The molecule has 0 heterocycles. The second-order valence-electron chi connectivity index (χ2n) is 4.07. The molecular formula is C13H15Br. The number of aryl methyl sites for hydroxylation is 1.